The van der Waals surface area contributed by atoms with Crippen molar-refractivity contribution in [3.8, 4) is 5.69 Å². The molecule has 3 aromatic rings. The summed E-state index contributed by atoms with van der Waals surface area (Å²) in [4.78, 5) is 23.6. The van der Waals surface area contributed by atoms with E-state index >= 15 is 0 Å². The molecule has 3 N–H and O–H groups in total. The van der Waals surface area contributed by atoms with E-state index in [2.05, 4.69) is 0 Å². The summed E-state index contributed by atoms with van der Waals surface area (Å²) in [7, 11) is 0. The third kappa shape index (κ3) is 1.86. The highest BCUT2D eigenvalue weighted by molar-refractivity contribution is 7.14. The number of anilines is 1. The van der Waals surface area contributed by atoms with E-state index in [1.54, 1.807) is 24.3 Å². The highest BCUT2D eigenvalue weighted by atomic mass is 32.1. The molecule has 1 heterocycles. The molecule has 0 amide bonds. The molecule has 2 aromatic carbocycles. The lowest BCUT2D eigenvalue weighted by Gasteiger charge is -2.06. The molecule has 0 saturated heterocycles. The topological polar surface area (TPSA) is 85.3 Å². The lowest BCUT2D eigenvalue weighted by atomic mass is 10.1. The predicted molar refractivity (Wildman–Crippen MR) is 78.8 cm³/mol. The van der Waals surface area contributed by atoms with Crippen molar-refractivity contribution in [1.82, 2.24) is 3.96 Å². The predicted octanol–water partition coefficient (Wildman–Crippen LogP) is 2.33. The number of nitrogens with two attached hydrogens (primary N) is 1. The Labute approximate surface area is 117 Å². The van der Waals surface area contributed by atoms with Crippen LogP contribution in [0.15, 0.2) is 47.3 Å². The molecule has 6 heteroatoms. The fourth-order valence-electron chi connectivity index (χ4n) is 2.03. The Kier molecular flexibility index (Phi) is 2.80. The Bertz CT molecular complexity index is 880. The van der Waals surface area contributed by atoms with Gasteiger partial charge in [-0.1, -0.05) is 23.7 Å². The summed E-state index contributed by atoms with van der Waals surface area (Å²) in [5.74, 6) is -1.11. The third-order valence-corrected chi connectivity index (χ3v) is 4.06. The number of aromatic carboxylic acids is 1. The molecule has 1 aromatic heterocycles. The lowest BCUT2D eigenvalue weighted by Crippen LogP contribution is -2.14. The SMILES string of the molecule is Nc1ccc(-n2sc3ccccc3c2=O)c(C(=O)O)c1. The van der Waals surface area contributed by atoms with Gasteiger partial charge in [0, 0.05) is 5.69 Å². The van der Waals surface area contributed by atoms with Gasteiger partial charge in [0.1, 0.15) is 0 Å². The molecule has 0 unspecified atom stereocenters. The number of aromatic nitrogens is 1. The number of nitrogens with zero attached hydrogens (tertiary/aromatic N) is 1. The van der Waals surface area contributed by atoms with Crippen LogP contribution in [0.2, 0.25) is 0 Å². The van der Waals surface area contributed by atoms with Gasteiger partial charge >= 0.3 is 5.97 Å². The van der Waals surface area contributed by atoms with Crippen molar-refractivity contribution in [1.29, 1.82) is 0 Å². The summed E-state index contributed by atoms with van der Waals surface area (Å²) >= 11 is 1.21. The zero-order valence-corrected chi connectivity index (χ0v) is 11.1. The van der Waals surface area contributed by atoms with E-state index in [-0.39, 0.29) is 11.1 Å². The molecule has 20 heavy (non-hydrogen) atoms. The first-order chi connectivity index (χ1) is 9.58. The lowest BCUT2D eigenvalue weighted by molar-refractivity contribution is 0.0697. The van der Waals surface area contributed by atoms with Crippen molar-refractivity contribution in [3.63, 3.8) is 0 Å². The number of rotatable bonds is 2. The number of benzene rings is 2. The number of nitrogen functional groups attached to an aromatic ring is 1. The fourth-order valence-corrected chi connectivity index (χ4v) is 3.06. The van der Waals surface area contributed by atoms with Gasteiger partial charge in [-0.2, -0.15) is 0 Å². The molecule has 3 rings (SSSR count). The van der Waals surface area contributed by atoms with E-state index in [9.17, 15) is 14.7 Å². The van der Waals surface area contributed by atoms with Crippen molar-refractivity contribution in [2.75, 3.05) is 5.73 Å². The molecule has 0 aliphatic heterocycles. The molecule has 0 aliphatic carbocycles. The van der Waals surface area contributed by atoms with Crippen LogP contribution < -0.4 is 11.3 Å². The van der Waals surface area contributed by atoms with Crippen LogP contribution in [-0.2, 0) is 0 Å². The van der Waals surface area contributed by atoms with E-state index < -0.39 is 5.97 Å². The van der Waals surface area contributed by atoms with Crippen molar-refractivity contribution in [2.45, 2.75) is 0 Å². The number of carbonyl (C=O) groups is 1. The van der Waals surface area contributed by atoms with Crippen LogP contribution in [0.25, 0.3) is 15.8 Å². The fraction of sp³-hybridized carbons (Fsp3) is 0. The average molecular weight is 286 g/mol. The second kappa shape index (κ2) is 4.50. The van der Waals surface area contributed by atoms with Gasteiger partial charge < -0.3 is 10.8 Å². The van der Waals surface area contributed by atoms with Crippen LogP contribution in [0.1, 0.15) is 10.4 Å². The van der Waals surface area contributed by atoms with Gasteiger partial charge in [0.2, 0.25) is 0 Å². The molecular weight excluding hydrogens is 276 g/mol. The summed E-state index contributed by atoms with van der Waals surface area (Å²) in [6, 6.07) is 11.7. The van der Waals surface area contributed by atoms with Gasteiger partial charge in [-0.05, 0) is 30.3 Å². The molecule has 100 valence electrons. The minimum Gasteiger partial charge on any atom is -0.478 e. The molecule has 5 nitrogen and oxygen atoms in total. The van der Waals surface area contributed by atoms with E-state index in [1.807, 2.05) is 12.1 Å². The normalized spacial score (nSPS) is 10.8. The van der Waals surface area contributed by atoms with E-state index in [1.165, 1.54) is 21.6 Å². The highest BCUT2D eigenvalue weighted by Gasteiger charge is 2.16. The van der Waals surface area contributed by atoms with Crippen molar-refractivity contribution >= 4 is 33.3 Å². The minimum absolute atomic E-state index is 0.0126. The maximum atomic E-state index is 12.3. The van der Waals surface area contributed by atoms with E-state index in [0.29, 0.717) is 16.8 Å². The summed E-state index contributed by atoms with van der Waals surface area (Å²) in [5, 5.41) is 9.83. The molecule has 0 saturated carbocycles. The Morgan fingerprint density at radius 3 is 2.65 bits per heavy atom. The molecular formula is C14H10N2O3S. The van der Waals surface area contributed by atoms with Crippen LogP contribution in [0, 0.1) is 0 Å². The van der Waals surface area contributed by atoms with Crippen molar-refractivity contribution < 1.29 is 9.90 Å². The number of hydrogen-bond acceptors (Lipinski definition) is 4. The van der Waals surface area contributed by atoms with Crippen LogP contribution in [0.3, 0.4) is 0 Å². The second-order valence-electron chi connectivity index (χ2n) is 4.27. The standard InChI is InChI=1S/C14H10N2O3S/c15-8-5-6-11(10(7-8)14(18)19)16-13(17)9-3-1-2-4-12(9)20-16/h1-7H,15H2,(H,18,19). The Hall–Kier alpha value is -2.60. The van der Waals surface area contributed by atoms with Gasteiger partial charge in [-0.15, -0.1) is 0 Å². The van der Waals surface area contributed by atoms with Crippen molar-refractivity contribution in [3.05, 3.63) is 58.4 Å². The van der Waals surface area contributed by atoms with E-state index in [4.69, 9.17) is 5.73 Å². The van der Waals surface area contributed by atoms with Crippen LogP contribution >= 0.6 is 11.5 Å². The smallest absolute Gasteiger partial charge is 0.337 e. The minimum atomic E-state index is -1.11. The third-order valence-electron chi connectivity index (χ3n) is 2.96. The Morgan fingerprint density at radius 2 is 1.95 bits per heavy atom. The molecule has 0 fully saturated rings. The second-order valence-corrected chi connectivity index (χ2v) is 5.26. The van der Waals surface area contributed by atoms with Crippen molar-refractivity contribution in [2.24, 2.45) is 0 Å². The number of fused-ring (bicyclic) bond motifs is 1. The molecule has 0 spiro atoms. The van der Waals surface area contributed by atoms with Crippen LogP contribution in [0.5, 0.6) is 0 Å². The molecule has 0 bridgehead atoms. The maximum Gasteiger partial charge on any atom is 0.337 e. The first-order valence-corrected chi connectivity index (χ1v) is 6.59. The Morgan fingerprint density at radius 1 is 1.20 bits per heavy atom. The average Bonchev–Trinajstić information content (AvgIpc) is 2.76. The number of hydrogen-bond donors (Lipinski definition) is 2. The van der Waals surface area contributed by atoms with Gasteiger partial charge in [-0.3, -0.25) is 4.79 Å². The highest BCUT2D eigenvalue weighted by Crippen LogP contribution is 2.23. The number of carboxylic acid groups (broad SMARTS) is 1. The van der Waals surface area contributed by atoms with Gasteiger partial charge in [0.25, 0.3) is 5.56 Å². The van der Waals surface area contributed by atoms with E-state index in [0.717, 1.165) is 4.70 Å². The molecule has 0 radical (unpaired) electrons. The zero-order valence-electron chi connectivity index (χ0n) is 10.2. The maximum absolute atomic E-state index is 12.3. The Balaban J connectivity index is 2.34. The summed E-state index contributed by atoms with van der Waals surface area (Å²) in [5.41, 5.74) is 6.08. The van der Waals surface area contributed by atoms with Gasteiger partial charge in [-0.25, -0.2) is 8.75 Å². The molecule has 0 atom stereocenters. The summed E-state index contributed by atoms with van der Waals surface area (Å²) in [6.45, 7) is 0. The first kappa shape index (κ1) is 12.4. The largest absolute Gasteiger partial charge is 0.478 e. The molecule has 0 aliphatic rings. The van der Waals surface area contributed by atoms with Crippen LogP contribution in [0.4, 0.5) is 5.69 Å². The quantitative estimate of drug-likeness (QED) is 0.708. The monoisotopic (exact) mass is 286 g/mol. The van der Waals surface area contributed by atoms with Gasteiger partial charge in [0.05, 0.1) is 21.3 Å². The summed E-state index contributed by atoms with van der Waals surface area (Å²) < 4.78 is 2.19. The van der Waals surface area contributed by atoms with Crippen LogP contribution in [-0.4, -0.2) is 15.0 Å². The van der Waals surface area contributed by atoms with Gasteiger partial charge in [0.15, 0.2) is 0 Å². The number of carboxylic acids is 1. The zero-order chi connectivity index (χ0) is 14.3. The summed E-state index contributed by atoms with van der Waals surface area (Å²) in [6.07, 6.45) is 0. The first-order valence-electron chi connectivity index (χ1n) is 5.82.